The van der Waals surface area contributed by atoms with Crippen molar-refractivity contribution in [3.05, 3.63) is 53.7 Å². The van der Waals surface area contributed by atoms with Gasteiger partial charge in [-0.25, -0.2) is 14.7 Å². The summed E-state index contributed by atoms with van der Waals surface area (Å²) in [7, 11) is 1.01. The van der Waals surface area contributed by atoms with E-state index in [0.717, 1.165) is 48.3 Å². The van der Waals surface area contributed by atoms with Crippen LogP contribution in [0.1, 0.15) is 31.7 Å². The zero-order valence-corrected chi connectivity index (χ0v) is 19.3. The Labute approximate surface area is 198 Å². The average Bonchev–Trinajstić information content (AvgIpc) is 3.31. The first-order valence-electron chi connectivity index (χ1n) is 10.4. The van der Waals surface area contributed by atoms with E-state index in [4.69, 9.17) is 4.74 Å². The quantitative estimate of drug-likeness (QED) is 0.230. The first-order valence-corrected chi connectivity index (χ1v) is 11.3. The summed E-state index contributed by atoms with van der Waals surface area (Å²) in [6, 6.07) is 6.57. The second-order valence-corrected chi connectivity index (χ2v) is 7.95. The fraction of sp³-hybridized carbons (Fsp3) is 0.304. The van der Waals surface area contributed by atoms with Crippen LogP contribution in [0.15, 0.2) is 48.1 Å². The molecule has 0 radical (unpaired) electrons. The van der Waals surface area contributed by atoms with Crippen molar-refractivity contribution in [2.45, 2.75) is 32.4 Å². The molecule has 0 atom stereocenters. The number of anilines is 2. The van der Waals surface area contributed by atoms with Gasteiger partial charge in [-0.2, -0.15) is 13.2 Å². The Bertz CT molecular complexity index is 1140. The number of hydrogen-bond donors (Lipinski definition) is 0. The fourth-order valence-corrected chi connectivity index (χ4v) is 3.90. The Hall–Kier alpha value is -3.47. The molecular weight excluding hydrogens is 471 g/mol. The van der Waals surface area contributed by atoms with E-state index in [1.165, 1.54) is 6.07 Å². The van der Waals surface area contributed by atoms with Crippen LogP contribution in [-0.4, -0.2) is 35.6 Å². The summed E-state index contributed by atoms with van der Waals surface area (Å²) < 4.78 is 51.4. The van der Waals surface area contributed by atoms with Gasteiger partial charge in [-0.05, 0) is 36.8 Å². The zero-order valence-electron chi connectivity index (χ0n) is 18.5. The van der Waals surface area contributed by atoms with Crippen molar-refractivity contribution in [3.63, 3.8) is 0 Å². The van der Waals surface area contributed by atoms with Gasteiger partial charge < -0.3 is 9.47 Å². The third-order valence-electron chi connectivity index (χ3n) is 4.75. The maximum atomic E-state index is 13.8. The monoisotopic (exact) mass is 493 g/mol. The Balaban J connectivity index is 2.03. The van der Waals surface area contributed by atoms with E-state index in [9.17, 15) is 22.8 Å². The van der Waals surface area contributed by atoms with Crippen molar-refractivity contribution in [2.24, 2.45) is 0 Å². The van der Waals surface area contributed by atoms with Gasteiger partial charge in [0.05, 0.1) is 30.7 Å². The van der Waals surface area contributed by atoms with E-state index in [1.54, 1.807) is 29.9 Å². The fourth-order valence-electron chi connectivity index (χ4n) is 3.05. The third-order valence-corrected chi connectivity index (χ3v) is 5.58. The number of thiazole rings is 1. The van der Waals surface area contributed by atoms with E-state index in [0.29, 0.717) is 17.7 Å². The van der Waals surface area contributed by atoms with Crippen molar-refractivity contribution < 1.29 is 32.2 Å². The highest BCUT2D eigenvalue weighted by molar-refractivity contribution is 7.14. The van der Waals surface area contributed by atoms with Crippen molar-refractivity contribution in [2.75, 3.05) is 18.6 Å². The SMILES string of the molecule is CCCCCOc1ccc(N(C(=O)C(=O)OC)c2nc(-c3ccncc3)cs2)cc1C(F)(F)F. The van der Waals surface area contributed by atoms with E-state index >= 15 is 0 Å². The van der Waals surface area contributed by atoms with Crippen LogP contribution in [0, 0.1) is 0 Å². The molecule has 0 unspecified atom stereocenters. The minimum Gasteiger partial charge on any atom is -0.493 e. The van der Waals surface area contributed by atoms with Crippen LogP contribution in [0.5, 0.6) is 5.75 Å². The van der Waals surface area contributed by atoms with Crippen molar-refractivity contribution in [1.29, 1.82) is 0 Å². The molecule has 0 aliphatic carbocycles. The molecule has 0 N–H and O–H groups in total. The van der Waals surface area contributed by atoms with Crippen LogP contribution in [0.25, 0.3) is 11.3 Å². The number of carbonyl (C=O) groups is 2. The number of aromatic nitrogens is 2. The number of alkyl halides is 3. The highest BCUT2D eigenvalue weighted by atomic mass is 32.1. The molecule has 3 aromatic rings. The van der Waals surface area contributed by atoms with E-state index in [-0.39, 0.29) is 23.2 Å². The van der Waals surface area contributed by atoms with Crippen LogP contribution in [-0.2, 0) is 20.5 Å². The molecule has 3 rings (SSSR count). The Morgan fingerprint density at radius 2 is 1.85 bits per heavy atom. The summed E-state index contributed by atoms with van der Waals surface area (Å²) in [5, 5.41) is 1.63. The number of hydrogen-bond acceptors (Lipinski definition) is 7. The number of carbonyl (C=O) groups excluding carboxylic acids is 2. The number of rotatable bonds is 8. The van der Waals surface area contributed by atoms with Gasteiger partial charge >= 0.3 is 18.1 Å². The lowest BCUT2D eigenvalue weighted by Crippen LogP contribution is -2.33. The smallest absolute Gasteiger partial charge is 0.420 e. The van der Waals surface area contributed by atoms with Crippen LogP contribution in [0.2, 0.25) is 0 Å². The molecule has 0 bridgehead atoms. The standard InChI is InChI=1S/C23H22F3N3O4S/c1-3-4-5-12-33-19-7-6-16(13-17(19)23(24,25)26)29(20(30)21(31)32-2)22-28-18(14-34-22)15-8-10-27-11-9-15/h6-11,13-14H,3-5,12H2,1-2H3. The summed E-state index contributed by atoms with van der Waals surface area (Å²) in [5.74, 6) is -2.77. The number of benzene rings is 1. The lowest BCUT2D eigenvalue weighted by molar-refractivity contribution is -0.151. The first kappa shape index (κ1) is 25.2. The molecule has 2 aromatic heterocycles. The summed E-state index contributed by atoms with van der Waals surface area (Å²) >= 11 is 0.994. The number of unbranched alkanes of at least 4 members (excludes halogenated alkanes) is 2. The largest absolute Gasteiger partial charge is 0.493 e. The van der Waals surface area contributed by atoms with Gasteiger partial charge in [0.2, 0.25) is 0 Å². The van der Waals surface area contributed by atoms with Crippen LogP contribution < -0.4 is 9.64 Å². The van der Waals surface area contributed by atoms with Crippen LogP contribution >= 0.6 is 11.3 Å². The number of ether oxygens (including phenoxy) is 2. The lowest BCUT2D eigenvalue weighted by Gasteiger charge is -2.21. The first-order chi connectivity index (χ1) is 16.3. The summed E-state index contributed by atoms with van der Waals surface area (Å²) in [4.78, 5) is 33.9. The van der Waals surface area contributed by atoms with Gasteiger partial charge in [-0.1, -0.05) is 19.8 Å². The number of amides is 1. The minimum absolute atomic E-state index is 0.00644. The molecule has 0 fully saturated rings. The average molecular weight is 494 g/mol. The molecule has 0 spiro atoms. The molecule has 180 valence electrons. The molecule has 0 saturated carbocycles. The Morgan fingerprint density at radius 3 is 2.50 bits per heavy atom. The van der Waals surface area contributed by atoms with Gasteiger partial charge in [0.1, 0.15) is 5.75 Å². The van der Waals surface area contributed by atoms with Gasteiger partial charge in [0, 0.05) is 23.3 Å². The molecule has 0 aliphatic rings. The molecule has 1 aromatic carbocycles. The molecule has 2 heterocycles. The predicted molar refractivity (Wildman–Crippen MR) is 121 cm³/mol. The summed E-state index contributed by atoms with van der Waals surface area (Å²) in [6.45, 7) is 2.10. The predicted octanol–water partition coefficient (Wildman–Crippen LogP) is 5.63. The molecule has 34 heavy (non-hydrogen) atoms. The van der Waals surface area contributed by atoms with E-state index in [2.05, 4.69) is 14.7 Å². The number of nitrogens with zero attached hydrogens (tertiary/aromatic N) is 3. The van der Waals surface area contributed by atoms with Gasteiger partial charge in [-0.3, -0.25) is 9.78 Å². The molecule has 0 aliphatic heterocycles. The Morgan fingerprint density at radius 1 is 1.12 bits per heavy atom. The third kappa shape index (κ3) is 5.90. The topological polar surface area (TPSA) is 81.6 Å². The number of esters is 1. The zero-order chi connectivity index (χ0) is 24.7. The summed E-state index contributed by atoms with van der Waals surface area (Å²) in [5.41, 5.74) is -0.0962. The van der Waals surface area contributed by atoms with Crippen molar-refractivity contribution in [1.82, 2.24) is 9.97 Å². The molecule has 0 saturated heterocycles. The van der Waals surface area contributed by atoms with E-state index < -0.39 is 23.6 Å². The number of halogens is 3. The second kappa shape index (κ2) is 11.1. The number of methoxy groups -OCH3 is 1. The molecule has 1 amide bonds. The molecule has 7 nitrogen and oxygen atoms in total. The van der Waals surface area contributed by atoms with E-state index in [1.807, 2.05) is 6.92 Å². The van der Waals surface area contributed by atoms with Crippen LogP contribution in [0.3, 0.4) is 0 Å². The number of pyridine rings is 1. The Kier molecular flexibility index (Phi) is 8.21. The summed E-state index contributed by atoms with van der Waals surface area (Å²) in [6.07, 6.45) is 0.695. The second-order valence-electron chi connectivity index (χ2n) is 7.12. The van der Waals surface area contributed by atoms with Gasteiger partial charge in [-0.15, -0.1) is 11.3 Å². The van der Waals surface area contributed by atoms with Gasteiger partial charge in [0.25, 0.3) is 0 Å². The molecular formula is C23H22F3N3O4S. The minimum atomic E-state index is -4.75. The van der Waals surface area contributed by atoms with Crippen molar-refractivity contribution >= 4 is 34.0 Å². The highest BCUT2D eigenvalue weighted by Gasteiger charge is 2.37. The normalized spacial score (nSPS) is 11.2. The highest BCUT2D eigenvalue weighted by Crippen LogP contribution is 2.41. The van der Waals surface area contributed by atoms with Crippen LogP contribution in [0.4, 0.5) is 24.0 Å². The lowest BCUT2D eigenvalue weighted by atomic mass is 10.1. The molecule has 11 heteroatoms. The maximum Gasteiger partial charge on any atom is 0.420 e. The van der Waals surface area contributed by atoms with Crippen molar-refractivity contribution in [3.8, 4) is 17.0 Å². The maximum absolute atomic E-state index is 13.8. The van der Waals surface area contributed by atoms with Gasteiger partial charge in [0.15, 0.2) is 5.13 Å².